The molecule has 104 valence electrons. The van der Waals surface area contributed by atoms with Gasteiger partial charge in [-0.1, -0.05) is 24.3 Å². The predicted octanol–water partition coefficient (Wildman–Crippen LogP) is 1.54. The second-order valence-corrected chi connectivity index (χ2v) is 5.59. The van der Waals surface area contributed by atoms with Crippen LogP contribution in [-0.4, -0.2) is 25.2 Å². The van der Waals surface area contributed by atoms with Crippen molar-refractivity contribution in [3.8, 4) is 0 Å². The second-order valence-electron chi connectivity index (χ2n) is 5.59. The summed E-state index contributed by atoms with van der Waals surface area (Å²) in [6.45, 7) is 6.74. The fourth-order valence-electron chi connectivity index (χ4n) is 2.43. The first-order chi connectivity index (χ1) is 8.95. The van der Waals surface area contributed by atoms with Gasteiger partial charge >= 0.3 is 0 Å². The van der Waals surface area contributed by atoms with Crippen LogP contribution in [0.3, 0.4) is 0 Å². The Balaban J connectivity index is 2.09. The first kappa shape index (κ1) is 14.0. The first-order valence-electron chi connectivity index (χ1n) is 6.65. The summed E-state index contributed by atoms with van der Waals surface area (Å²) in [7, 11) is 0. The van der Waals surface area contributed by atoms with E-state index in [0.29, 0.717) is 13.2 Å². The Labute approximate surface area is 114 Å². The molecule has 0 saturated carbocycles. The monoisotopic (exact) mass is 262 g/mol. The normalized spacial score (nSPS) is 28.1. The largest absolute Gasteiger partial charge is 0.379 e. The maximum atomic E-state index is 12.4. The number of rotatable bonds is 3. The Morgan fingerprint density at radius 2 is 2.21 bits per heavy atom. The molecule has 1 aliphatic heterocycles. The van der Waals surface area contributed by atoms with Crippen LogP contribution in [0.25, 0.3) is 0 Å². The molecule has 0 aliphatic carbocycles. The average molecular weight is 262 g/mol. The lowest BCUT2D eigenvalue weighted by molar-refractivity contribution is -0.131. The fourth-order valence-corrected chi connectivity index (χ4v) is 2.43. The summed E-state index contributed by atoms with van der Waals surface area (Å²) in [5.41, 5.74) is 7.65. The number of carbonyl (C=O) groups excluding carboxylic acids is 1. The zero-order valence-corrected chi connectivity index (χ0v) is 11.8. The van der Waals surface area contributed by atoms with Gasteiger partial charge in [0.1, 0.15) is 0 Å². The van der Waals surface area contributed by atoms with Gasteiger partial charge in [0.25, 0.3) is 0 Å². The number of benzene rings is 1. The summed E-state index contributed by atoms with van der Waals surface area (Å²) in [5.74, 6) is -0.0340. The number of hydrogen-bond donors (Lipinski definition) is 2. The smallest absolute Gasteiger partial charge is 0.230 e. The van der Waals surface area contributed by atoms with Crippen LogP contribution in [0.4, 0.5) is 0 Å². The summed E-state index contributed by atoms with van der Waals surface area (Å²) < 4.78 is 5.32. The van der Waals surface area contributed by atoms with E-state index in [4.69, 9.17) is 10.5 Å². The Morgan fingerprint density at radius 3 is 2.79 bits per heavy atom. The molecule has 1 saturated heterocycles. The molecule has 19 heavy (non-hydrogen) atoms. The molecule has 3 N–H and O–H groups in total. The molecule has 1 fully saturated rings. The molecule has 0 bridgehead atoms. The van der Waals surface area contributed by atoms with Gasteiger partial charge in [0, 0.05) is 6.04 Å². The highest BCUT2D eigenvalue weighted by Gasteiger charge is 2.44. The molecule has 4 nitrogen and oxygen atoms in total. The molecule has 0 spiro atoms. The first-order valence-corrected chi connectivity index (χ1v) is 6.65. The van der Waals surface area contributed by atoms with Crippen molar-refractivity contribution in [2.24, 2.45) is 11.1 Å². The topological polar surface area (TPSA) is 64.3 Å². The minimum Gasteiger partial charge on any atom is -0.379 e. The van der Waals surface area contributed by atoms with Gasteiger partial charge in [-0.05, 0) is 31.9 Å². The predicted molar refractivity (Wildman–Crippen MR) is 74.6 cm³/mol. The van der Waals surface area contributed by atoms with Gasteiger partial charge in [-0.2, -0.15) is 0 Å². The van der Waals surface area contributed by atoms with E-state index in [1.54, 1.807) is 0 Å². The second kappa shape index (κ2) is 5.31. The third kappa shape index (κ3) is 2.65. The van der Waals surface area contributed by atoms with Crippen LogP contribution < -0.4 is 11.1 Å². The number of nitrogens with one attached hydrogen (secondary N) is 1. The third-order valence-corrected chi connectivity index (χ3v) is 4.04. The zero-order valence-electron chi connectivity index (χ0n) is 11.8. The lowest BCUT2D eigenvalue weighted by atomic mass is 9.84. The van der Waals surface area contributed by atoms with Crippen molar-refractivity contribution < 1.29 is 9.53 Å². The van der Waals surface area contributed by atoms with E-state index in [-0.39, 0.29) is 18.0 Å². The molecule has 0 radical (unpaired) electrons. The molecule has 2 rings (SSSR count). The molecule has 4 heteroatoms. The molecule has 1 aromatic carbocycles. The van der Waals surface area contributed by atoms with Gasteiger partial charge in [-0.3, -0.25) is 4.79 Å². The summed E-state index contributed by atoms with van der Waals surface area (Å²) in [6.07, 6.45) is 0. The summed E-state index contributed by atoms with van der Waals surface area (Å²) >= 11 is 0. The fraction of sp³-hybridized carbons (Fsp3) is 0.533. The molecule has 2 unspecified atom stereocenters. The van der Waals surface area contributed by atoms with Crippen LogP contribution >= 0.6 is 0 Å². The number of aryl methyl sites for hydroxylation is 1. The van der Waals surface area contributed by atoms with Crippen LogP contribution in [0.1, 0.15) is 31.0 Å². The average Bonchev–Trinajstić information content (AvgIpc) is 2.71. The van der Waals surface area contributed by atoms with Crippen molar-refractivity contribution >= 4 is 5.91 Å². The lowest BCUT2D eigenvalue weighted by Gasteiger charge is -2.28. The van der Waals surface area contributed by atoms with Gasteiger partial charge in [0.15, 0.2) is 0 Å². The molecule has 3 atom stereocenters. The highest BCUT2D eigenvalue weighted by molar-refractivity contribution is 5.84. The number of ether oxygens (including phenoxy) is 1. The number of nitrogens with two attached hydrogens (primary N) is 1. The summed E-state index contributed by atoms with van der Waals surface area (Å²) in [4.78, 5) is 12.4. The van der Waals surface area contributed by atoms with Crippen molar-refractivity contribution in [1.29, 1.82) is 0 Å². The van der Waals surface area contributed by atoms with Gasteiger partial charge in [0.2, 0.25) is 5.91 Å². The van der Waals surface area contributed by atoms with Crippen LogP contribution in [0.15, 0.2) is 24.3 Å². The van der Waals surface area contributed by atoms with Gasteiger partial charge in [-0.25, -0.2) is 0 Å². The van der Waals surface area contributed by atoms with Gasteiger partial charge in [0.05, 0.1) is 24.7 Å². The highest BCUT2D eigenvalue weighted by atomic mass is 16.5. The van der Waals surface area contributed by atoms with E-state index >= 15 is 0 Å². The van der Waals surface area contributed by atoms with Gasteiger partial charge < -0.3 is 15.8 Å². The third-order valence-electron chi connectivity index (χ3n) is 4.04. The highest BCUT2D eigenvalue weighted by Crippen LogP contribution is 2.28. The van der Waals surface area contributed by atoms with Crippen LogP contribution in [0.5, 0.6) is 0 Å². The molecule has 1 aromatic rings. The minimum atomic E-state index is -0.628. The molecule has 1 heterocycles. The maximum Gasteiger partial charge on any atom is 0.230 e. The molecule has 1 amide bonds. The Bertz CT molecular complexity index is 475. The molecule has 0 aromatic heterocycles. The molecule has 1 aliphatic rings. The summed E-state index contributed by atoms with van der Waals surface area (Å²) in [6, 6.07) is 7.79. The molecular weight excluding hydrogens is 240 g/mol. The van der Waals surface area contributed by atoms with E-state index in [1.807, 2.05) is 45.0 Å². The van der Waals surface area contributed by atoms with Crippen molar-refractivity contribution in [2.45, 2.75) is 32.9 Å². The number of carbonyl (C=O) groups is 1. The van der Waals surface area contributed by atoms with Crippen LogP contribution in [0.2, 0.25) is 0 Å². The van der Waals surface area contributed by atoms with E-state index < -0.39 is 5.41 Å². The Kier molecular flexibility index (Phi) is 3.92. The zero-order chi connectivity index (χ0) is 14.0. The molecular formula is C15H22N2O2. The SMILES string of the molecule is Cc1ccccc1[C@H](C)NC(=O)C1(C)COCC1N. The van der Waals surface area contributed by atoms with E-state index in [9.17, 15) is 4.79 Å². The quantitative estimate of drug-likeness (QED) is 0.868. The van der Waals surface area contributed by atoms with Crippen LogP contribution in [0, 0.1) is 12.3 Å². The number of hydrogen-bond acceptors (Lipinski definition) is 3. The van der Waals surface area contributed by atoms with Crippen molar-refractivity contribution in [1.82, 2.24) is 5.32 Å². The van der Waals surface area contributed by atoms with E-state index in [1.165, 1.54) is 5.56 Å². The standard InChI is InChI=1S/C15H22N2O2/c1-10-6-4-5-7-12(10)11(2)17-14(18)15(3)9-19-8-13(15)16/h4-7,11,13H,8-9,16H2,1-3H3,(H,17,18)/t11-,13?,15?/m0/s1. The summed E-state index contributed by atoms with van der Waals surface area (Å²) in [5, 5.41) is 3.05. The van der Waals surface area contributed by atoms with Crippen molar-refractivity contribution in [3.63, 3.8) is 0 Å². The van der Waals surface area contributed by atoms with Gasteiger partial charge in [-0.15, -0.1) is 0 Å². The number of amides is 1. The maximum absolute atomic E-state index is 12.4. The Hall–Kier alpha value is -1.39. The minimum absolute atomic E-state index is 0.0293. The van der Waals surface area contributed by atoms with Crippen molar-refractivity contribution in [3.05, 3.63) is 35.4 Å². The van der Waals surface area contributed by atoms with Crippen LogP contribution in [-0.2, 0) is 9.53 Å². The van der Waals surface area contributed by atoms with E-state index in [0.717, 1.165) is 5.56 Å². The van der Waals surface area contributed by atoms with E-state index in [2.05, 4.69) is 5.32 Å². The van der Waals surface area contributed by atoms with Crippen molar-refractivity contribution in [2.75, 3.05) is 13.2 Å². The lowest BCUT2D eigenvalue weighted by Crippen LogP contribution is -2.50. The Morgan fingerprint density at radius 1 is 1.53 bits per heavy atom.